The molecule has 1 aliphatic rings. The zero-order valence-electron chi connectivity index (χ0n) is 13.2. The van der Waals surface area contributed by atoms with Crippen molar-refractivity contribution in [2.24, 2.45) is 0 Å². The van der Waals surface area contributed by atoms with Gasteiger partial charge in [0, 0.05) is 12.4 Å². The van der Waals surface area contributed by atoms with E-state index in [4.69, 9.17) is 4.74 Å². The second kappa shape index (κ2) is 6.99. The average Bonchev–Trinajstić information content (AvgIpc) is 3.08. The highest BCUT2D eigenvalue weighted by Gasteiger charge is 2.33. The highest BCUT2D eigenvalue weighted by atomic mass is 16.5. The van der Waals surface area contributed by atoms with Crippen LogP contribution >= 0.6 is 0 Å². The fourth-order valence-corrected chi connectivity index (χ4v) is 2.65. The van der Waals surface area contributed by atoms with Gasteiger partial charge in [0.15, 0.2) is 0 Å². The topological polar surface area (TPSA) is 85.2 Å². The summed E-state index contributed by atoms with van der Waals surface area (Å²) < 4.78 is 6.98. The van der Waals surface area contributed by atoms with Gasteiger partial charge in [-0.25, -0.2) is 14.6 Å². The van der Waals surface area contributed by atoms with Crippen LogP contribution in [0, 0.1) is 0 Å². The molecule has 0 aliphatic carbocycles. The SMILES string of the molecule is CCOC(=O)C1=C(Cn2ccnc2)NC(=O)N[C@H]1c1ccccc1. The van der Waals surface area contributed by atoms with E-state index in [-0.39, 0.29) is 12.6 Å². The molecule has 1 aromatic heterocycles. The summed E-state index contributed by atoms with van der Waals surface area (Å²) in [6.45, 7) is 2.33. The van der Waals surface area contributed by atoms with Gasteiger partial charge in [-0.2, -0.15) is 0 Å². The molecular weight excluding hydrogens is 308 g/mol. The Morgan fingerprint density at radius 1 is 1.33 bits per heavy atom. The Balaban J connectivity index is 2.05. The number of benzene rings is 1. The Hall–Kier alpha value is -3.09. The van der Waals surface area contributed by atoms with Gasteiger partial charge in [-0.1, -0.05) is 30.3 Å². The number of nitrogens with one attached hydrogen (secondary N) is 2. The van der Waals surface area contributed by atoms with Crippen LogP contribution in [0.2, 0.25) is 0 Å². The summed E-state index contributed by atoms with van der Waals surface area (Å²) in [6.07, 6.45) is 5.03. The summed E-state index contributed by atoms with van der Waals surface area (Å²) in [4.78, 5) is 28.6. The average molecular weight is 326 g/mol. The molecule has 1 atom stereocenters. The number of aromatic nitrogens is 2. The smallest absolute Gasteiger partial charge is 0.338 e. The molecule has 3 rings (SSSR count). The summed E-state index contributed by atoms with van der Waals surface area (Å²) in [5.41, 5.74) is 1.72. The van der Waals surface area contributed by atoms with Crippen molar-refractivity contribution >= 4 is 12.0 Å². The standard InChI is InChI=1S/C17H18N4O3/c1-2-24-16(22)14-13(10-21-9-8-18-11-21)19-17(23)20-15(14)12-6-4-3-5-7-12/h3-9,11,15H,2,10H2,1H3,(H2,19,20,23)/t15-/m0/s1. The van der Waals surface area contributed by atoms with Crippen LogP contribution in [0.25, 0.3) is 0 Å². The largest absolute Gasteiger partial charge is 0.463 e. The monoisotopic (exact) mass is 326 g/mol. The van der Waals surface area contributed by atoms with Gasteiger partial charge in [0.2, 0.25) is 0 Å². The number of ether oxygens (including phenoxy) is 1. The van der Waals surface area contributed by atoms with Gasteiger partial charge in [-0.3, -0.25) is 0 Å². The molecule has 0 fully saturated rings. The van der Waals surface area contributed by atoms with E-state index >= 15 is 0 Å². The van der Waals surface area contributed by atoms with Crippen molar-refractivity contribution in [3.05, 3.63) is 65.9 Å². The minimum atomic E-state index is -0.558. The molecule has 0 saturated carbocycles. The van der Waals surface area contributed by atoms with Crippen LogP contribution in [-0.4, -0.2) is 28.2 Å². The summed E-state index contributed by atoms with van der Waals surface area (Å²) in [5, 5.41) is 5.52. The summed E-state index contributed by atoms with van der Waals surface area (Å²) in [6, 6.07) is 8.43. The molecule has 1 aliphatic heterocycles. The quantitative estimate of drug-likeness (QED) is 0.820. The van der Waals surface area contributed by atoms with Gasteiger partial charge in [0.05, 0.1) is 36.8 Å². The number of amides is 2. The second-order valence-corrected chi connectivity index (χ2v) is 5.29. The zero-order chi connectivity index (χ0) is 16.9. The molecule has 0 saturated heterocycles. The van der Waals surface area contributed by atoms with E-state index in [1.165, 1.54) is 0 Å². The van der Waals surface area contributed by atoms with Crippen molar-refractivity contribution in [1.29, 1.82) is 0 Å². The van der Waals surface area contributed by atoms with E-state index < -0.39 is 12.0 Å². The van der Waals surface area contributed by atoms with Gasteiger partial charge in [-0.15, -0.1) is 0 Å². The highest BCUT2D eigenvalue weighted by molar-refractivity contribution is 5.95. The van der Waals surface area contributed by atoms with E-state index in [9.17, 15) is 9.59 Å². The Kier molecular flexibility index (Phi) is 4.60. The first-order valence-electron chi connectivity index (χ1n) is 7.67. The molecule has 124 valence electrons. The Morgan fingerprint density at radius 2 is 2.12 bits per heavy atom. The molecule has 7 heteroatoms. The van der Waals surface area contributed by atoms with Gasteiger partial charge in [0.25, 0.3) is 0 Å². The molecule has 0 spiro atoms. The lowest BCUT2D eigenvalue weighted by molar-refractivity contribution is -0.139. The second-order valence-electron chi connectivity index (χ2n) is 5.29. The first-order valence-corrected chi connectivity index (χ1v) is 7.67. The molecule has 24 heavy (non-hydrogen) atoms. The minimum absolute atomic E-state index is 0.260. The van der Waals surface area contributed by atoms with Crippen LogP contribution < -0.4 is 10.6 Å². The molecule has 2 heterocycles. The number of nitrogens with zero attached hydrogens (tertiary/aromatic N) is 2. The molecule has 7 nitrogen and oxygen atoms in total. The van der Waals surface area contributed by atoms with Gasteiger partial charge in [-0.05, 0) is 12.5 Å². The maximum atomic E-state index is 12.5. The highest BCUT2D eigenvalue weighted by Crippen LogP contribution is 2.28. The number of carbonyl (C=O) groups excluding carboxylic acids is 2. The lowest BCUT2D eigenvalue weighted by Gasteiger charge is -2.29. The van der Waals surface area contributed by atoms with Crippen LogP contribution in [0.3, 0.4) is 0 Å². The van der Waals surface area contributed by atoms with Crippen LogP contribution in [-0.2, 0) is 16.1 Å². The Bertz CT molecular complexity index is 753. The van der Waals surface area contributed by atoms with Crippen LogP contribution in [0.1, 0.15) is 18.5 Å². The molecule has 0 unspecified atom stereocenters. The zero-order valence-corrected chi connectivity index (χ0v) is 13.2. The molecule has 1 aromatic carbocycles. The normalized spacial score (nSPS) is 17.2. The van der Waals surface area contributed by atoms with Gasteiger partial charge in [0.1, 0.15) is 0 Å². The lowest BCUT2D eigenvalue weighted by Crippen LogP contribution is -2.46. The van der Waals surface area contributed by atoms with E-state index in [2.05, 4.69) is 15.6 Å². The number of hydrogen-bond donors (Lipinski definition) is 2. The summed E-state index contributed by atoms with van der Waals surface area (Å²) >= 11 is 0. The van der Waals surface area contributed by atoms with Crippen LogP contribution in [0.4, 0.5) is 4.79 Å². The molecule has 2 aromatic rings. The van der Waals surface area contributed by atoms with Crippen molar-refractivity contribution in [3.63, 3.8) is 0 Å². The lowest BCUT2D eigenvalue weighted by atomic mass is 9.95. The predicted molar refractivity (Wildman–Crippen MR) is 86.7 cm³/mol. The van der Waals surface area contributed by atoms with Crippen molar-refractivity contribution in [2.45, 2.75) is 19.5 Å². The number of esters is 1. The van der Waals surface area contributed by atoms with E-state index in [0.29, 0.717) is 17.8 Å². The number of imidazole rings is 1. The van der Waals surface area contributed by atoms with E-state index in [0.717, 1.165) is 5.56 Å². The number of carbonyl (C=O) groups is 2. The maximum absolute atomic E-state index is 12.5. The molecular formula is C17H18N4O3. The Morgan fingerprint density at radius 3 is 2.79 bits per heavy atom. The molecule has 2 amide bonds. The third-order valence-electron chi connectivity index (χ3n) is 3.68. The Labute approximate surface area is 139 Å². The molecule has 0 bridgehead atoms. The number of allylic oxidation sites excluding steroid dienone is 1. The van der Waals surface area contributed by atoms with Crippen LogP contribution in [0.15, 0.2) is 60.3 Å². The van der Waals surface area contributed by atoms with E-state index in [1.807, 2.05) is 30.3 Å². The third-order valence-corrected chi connectivity index (χ3v) is 3.68. The molecule has 2 N–H and O–H groups in total. The number of urea groups is 1. The summed E-state index contributed by atoms with van der Waals surface area (Å²) in [5.74, 6) is -0.450. The van der Waals surface area contributed by atoms with Gasteiger partial charge < -0.3 is 19.9 Å². The third kappa shape index (κ3) is 3.29. The van der Waals surface area contributed by atoms with Crippen molar-refractivity contribution in [1.82, 2.24) is 20.2 Å². The predicted octanol–water partition coefficient (Wildman–Crippen LogP) is 1.75. The maximum Gasteiger partial charge on any atom is 0.338 e. The fourth-order valence-electron chi connectivity index (χ4n) is 2.65. The van der Waals surface area contributed by atoms with Crippen molar-refractivity contribution in [2.75, 3.05) is 6.61 Å². The van der Waals surface area contributed by atoms with Crippen molar-refractivity contribution < 1.29 is 14.3 Å². The van der Waals surface area contributed by atoms with Crippen LogP contribution in [0.5, 0.6) is 0 Å². The minimum Gasteiger partial charge on any atom is -0.463 e. The fraction of sp³-hybridized carbons (Fsp3) is 0.235. The number of rotatable bonds is 5. The first-order chi connectivity index (χ1) is 11.7. The first kappa shape index (κ1) is 15.8. The summed E-state index contributed by atoms with van der Waals surface area (Å²) in [7, 11) is 0. The van der Waals surface area contributed by atoms with Crippen molar-refractivity contribution in [3.8, 4) is 0 Å². The molecule has 0 radical (unpaired) electrons. The van der Waals surface area contributed by atoms with Gasteiger partial charge >= 0.3 is 12.0 Å². The number of hydrogen-bond acceptors (Lipinski definition) is 4. The van der Waals surface area contributed by atoms with E-state index in [1.54, 1.807) is 30.2 Å².